The highest BCUT2D eigenvalue weighted by molar-refractivity contribution is 9.10. The molecular formula is C13H17BrN2O3. The van der Waals surface area contributed by atoms with Crippen molar-refractivity contribution in [2.75, 3.05) is 13.1 Å². The van der Waals surface area contributed by atoms with Crippen LogP contribution in [0.1, 0.15) is 37.0 Å². The van der Waals surface area contributed by atoms with Gasteiger partial charge in [-0.3, -0.25) is 14.9 Å². The van der Waals surface area contributed by atoms with Gasteiger partial charge in [0.15, 0.2) is 0 Å². The molecule has 0 aliphatic heterocycles. The molecule has 0 fully saturated rings. The highest BCUT2D eigenvalue weighted by atomic mass is 79.9. The minimum absolute atomic E-state index is 0.0699. The Morgan fingerprint density at radius 3 is 2.37 bits per heavy atom. The molecule has 104 valence electrons. The molecule has 1 amide bonds. The monoisotopic (exact) mass is 328 g/mol. The molecule has 0 aromatic heterocycles. The third-order valence-corrected chi connectivity index (χ3v) is 3.36. The first-order chi connectivity index (χ1) is 9.01. The van der Waals surface area contributed by atoms with Crippen LogP contribution in [0.4, 0.5) is 5.69 Å². The average molecular weight is 329 g/mol. The van der Waals surface area contributed by atoms with Crippen LogP contribution in [-0.2, 0) is 0 Å². The van der Waals surface area contributed by atoms with Crippen LogP contribution in [0.15, 0.2) is 22.7 Å². The van der Waals surface area contributed by atoms with E-state index in [0.717, 1.165) is 12.8 Å². The average Bonchev–Trinajstić information content (AvgIpc) is 2.38. The number of carbonyl (C=O) groups is 1. The van der Waals surface area contributed by atoms with Crippen molar-refractivity contribution in [2.24, 2.45) is 0 Å². The molecule has 1 aromatic carbocycles. The third kappa shape index (κ3) is 4.02. The number of hydrogen-bond acceptors (Lipinski definition) is 3. The van der Waals surface area contributed by atoms with Gasteiger partial charge in [0.05, 0.1) is 10.5 Å². The van der Waals surface area contributed by atoms with Gasteiger partial charge in [-0.2, -0.15) is 0 Å². The van der Waals surface area contributed by atoms with Gasteiger partial charge in [-0.1, -0.05) is 13.8 Å². The lowest BCUT2D eigenvalue weighted by Gasteiger charge is -2.21. The molecule has 0 aliphatic carbocycles. The number of halogens is 1. The quantitative estimate of drug-likeness (QED) is 0.591. The molecule has 0 saturated heterocycles. The largest absolute Gasteiger partial charge is 0.339 e. The van der Waals surface area contributed by atoms with E-state index in [0.29, 0.717) is 23.1 Å². The Labute approximate surface area is 120 Å². The van der Waals surface area contributed by atoms with Gasteiger partial charge in [-0.05, 0) is 34.8 Å². The Morgan fingerprint density at radius 2 is 1.89 bits per heavy atom. The number of nitrogens with zero attached hydrogens (tertiary/aromatic N) is 2. The van der Waals surface area contributed by atoms with Crippen LogP contribution in [0, 0.1) is 10.1 Å². The van der Waals surface area contributed by atoms with E-state index >= 15 is 0 Å². The minimum atomic E-state index is -0.493. The first-order valence-corrected chi connectivity index (χ1v) is 7.03. The molecule has 0 radical (unpaired) electrons. The Morgan fingerprint density at radius 1 is 1.32 bits per heavy atom. The fourth-order valence-electron chi connectivity index (χ4n) is 1.82. The summed E-state index contributed by atoms with van der Waals surface area (Å²) in [7, 11) is 0. The second-order valence-corrected chi connectivity index (χ2v) is 5.07. The number of carbonyl (C=O) groups excluding carboxylic acids is 1. The molecule has 0 bridgehead atoms. The van der Waals surface area contributed by atoms with Crippen LogP contribution < -0.4 is 0 Å². The predicted molar refractivity (Wildman–Crippen MR) is 77.3 cm³/mol. The first kappa shape index (κ1) is 15.6. The number of rotatable bonds is 6. The Hall–Kier alpha value is -1.43. The molecule has 5 nitrogen and oxygen atoms in total. The van der Waals surface area contributed by atoms with Crippen LogP contribution in [0.5, 0.6) is 0 Å². The van der Waals surface area contributed by atoms with Crippen molar-refractivity contribution >= 4 is 27.5 Å². The molecule has 19 heavy (non-hydrogen) atoms. The maximum absolute atomic E-state index is 12.4. The van der Waals surface area contributed by atoms with Crippen molar-refractivity contribution < 1.29 is 9.72 Å². The van der Waals surface area contributed by atoms with E-state index in [2.05, 4.69) is 15.9 Å². The second-order valence-electron chi connectivity index (χ2n) is 4.21. The van der Waals surface area contributed by atoms with E-state index in [1.165, 1.54) is 12.1 Å². The topological polar surface area (TPSA) is 63.5 Å². The molecule has 1 aromatic rings. The number of amides is 1. The lowest BCUT2D eigenvalue weighted by atomic mass is 10.1. The zero-order valence-electron chi connectivity index (χ0n) is 11.1. The van der Waals surface area contributed by atoms with Gasteiger partial charge in [0.1, 0.15) is 0 Å². The van der Waals surface area contributed by atoms with E-state index in [1.807, 2.05) is 13.8 Å². The van der Waals surface area contributed by atoms with Gasteiger partial charge >= 0.3 is 0 Å². The Bertz CT molecular complexity index is 471. The Kier molecular flexibility index (Phi) is 5.95. The van der Waals surface area contributed by atoms with Crippen molar-refractivity contribution in [1.29, 1.82) is 0 Å². The molecule has 0 aliphatic rings. The summed E-state index contributed by atoms with van der Waals surface area (Å²) in [5.41, 5.74) is 0.274. The minimum Gasteiger partial charge on any atom is -0.339 e. The van der Waals surface area contributed by atoms with Crippen LogP contribution in [0.2, 0.25) is 0 Å². The van der Waals surface area contributed by atoms with Crippen molar-refractivity contribution in [1.82, 2.24) is 4.90 Å². The number of benzene rings is 1. The normalized spacial score (nSPS) is 10.3. The summed E-state index contributed by atoms with van der Waals surface area (Å²) in [5.74, 6) is -0.167. The molecule has 1 rings (SSSR count). The zero-order valence-corrected chi connectivity index (χ0v) is 12.6. The highest BCUT2D eigenvalue weighted by Crippen LogP contribution is 2.24. The molecule has 6 heteroatoms. The van der Waals surface area contributed by atoms with Crippen molar-refractivity contribution in [2.45, 2.75) is 26.7 Å². The summed E-state index contributed by atoms with van der Waals surface area (Å²) in [6.07, 6.45) is 1.72. The smallest absolute Gasteiger partial charge is 0.270 e. The van der Waals surface area contributed by atoms with Gasteiger partial charge in [0, 0.05) is 29.7 Å². The van der Waals surface area contributed by atoms with Crippen molar-refractivity contribution in [3.8, 4) is 0 Å². The standard InChI is InChI=1S/C13H17BrN2O3/c1-3-7-15(8-4-2)13(17)11-9-10(16(18)19)5-6-12(11)14/h5-6,9H,3-4,7-8H2,1-2H3. The highest BCUT2D eigenvalue weighted by Gasteiger charge is 2.20. The molecule has 0 N–H and O–H groups in total. The Balaban J connectivity index is 3.08. The van der Waals surface area contributed by atoms with Gasteiger partial charge < -0.3 is 4.90 Å². The summed E-state index contributed by atoms with van der Waals surface area (Å²) >= 11 is 3.28. The summed E-state index contributed by atoms with van der Waals surface area (Å²) in [6, 6.07) is 4.25. The van der Waals surface area contributed by atoms with Gasteiger partial charge in [-0.15, -0.1) is 0 Å². The van der Waals surface area contributed by atoms with E-state index in [-0.39, 0.29) is 11.6 Å². The van der Waals surface area contributed by atoms with E-state index in [4.69, 9.17) is 0 Å². The molecule has 0 spiro atoms. The molecule has 0 saturated carbocycles. The lowest BCUT2D eigenvalue weighted by molar-refractivity contribution is -0.384. The van der Waals surface area contributed by atoms with Gasteiger partial charge in [0.25, 0.3) is 11.6 Å². The molecular weight excluding hydrogens is 312 g/mol. The summed E-state index contributed by atoms with van der Waals surface area (Å²) in [6.45, 7) is 5.31. The van der Waals surface area contributed by atoms with E-state index in [9.17, 15) is 14.9 Å². The van der Waals surface area contributed by atoms with E-state index in [1.54, 1.807) is 11.0 Å². The van der Waals surface area contributed by atoms with Crippen LogP contribution in [0.25, 0.3) is 0 Å². The molecule has 0 heterocycles. The molecule has 0 unspecified atom stereocenters. The van der Waals surface area contributed by atoms with E-state index < -0.39 is 4.92 Å². The predicted octanol–water partition coefficient (Wildman–Crippen LogP) is 3.62. The number of nitro groups is 1. The second kappa shape index (κ2) is 7.23. The summed E-state index contributed by atoms with van der Waals surface area (Å²) in [5, 5.41) is 10.8. The van der Waals surface area contributed by atoms with Crippen molar-refractivity contribution in [3.05, 3.63) is 38.3 Å². The summed E-state index contributed by atoms with van der Waals surface area (Å²) in [4.78, 5) is 24.4. The number of hydrogen-bond donors (Lipinski definition) is 0. The summed E-state index contributed by atoms with van der Waals surface area (Å²) < 4.78 is 0.584. The first-order valence-electron chi connectivity index (χ1n) is 6.24. The van der Waals surface area contributed by atoms with Crippen LogP contribution >= 0.6 is 15.9 Å². The fraction of sp³-hybridized carbons (Fsp3) is 0.462. The number of non-ortho nitro benzene ring substituents is 1. The molecule has 0 atom stereocenters. The van der Waals surface area contributed by atoms with Crippen LogP contribution in [0.3, 0.4) is 0 Å². The van der Waals surface area contributed by atoms with Gasteiger partial charge in [0.2, 0.25) is 0 Å². The number of nitro benzene ring substituents is 1. The van der Waals surface area contributed by atoms with Gasteiger partial charge in [-0.25, -0.2) is 0 Å². The zero-order chi connectivity index (χ0) is 14.4. The fourth-order valence-corrected chi connectivity index (χ4v) is 2.23. The van der Waals surface area contributed by atoms with Crippen molar-refractivity contribution in [3.63, 3.8) is 0 Å². The maximum atomic E-state index is 12.4. The lowest BCUT2D eigenvalue weighted by Crippen LogP contribution is -2.32. The van der Waals surface area contributed by atoms with Crippen LogP contribution in [-0.4, -0.2) is 28.8 Å². The third-order valence-electron chi connectivity index (χ3n) is 2.67. The maximum Gasteiger partial charge on any atom is 0.270 e. The SMILES string of the molecule is CCCN(CCC)C(=O)c1cc([N+](=O)[O-])ccc1Br.